The lowest BCUT2D eigenvalue weighted by atomic mass is 10.0. The smallest absolute Gasteiger partial charge is 0.340 e. The molecule has 5 rings (SSSR count). The standard InChI is InChI=1S/C29H21F2NO3/c1-34-29(33)23-15-10-20(16-25(23)31)24-17-32(22-13-11-21(30)12-14-22)26-8-5-9-27(28(24)26)35-18-19-6-3-2-4-7-19/h2-17H,18H2,1H3. The van der Waals surface area contributed by atoms with Crippen molar-refractivity contribution in [3.8, 4) is 22.6 Å². The van der Waals surface area contributed by atoms with Gasteiger partial charge in [-0.15, -0.1) is 0 Å². The zero-order valence-electron chi connectivity index (χ0n) is 18.9. The van der Waals surface area contributed by atoms with Crippen molar-refractivity contribution >= 4 is 16.9 Å². The molecule has 0 saturated heterocycles. The highest BCUT2D eigenvalue weighted by atomic mass is 19.1. The van der Waals surface area contributed by atoms with Crippen molar-refractivity contribution in [1.82, 2.24) is 4.57 Å². The van der Waals surface area contributed by atoms with Crippen LogP contribution in [-0.4, -0.2) is 17.6 Å². The van der Waals surface area contributed by atoms with Crippen molar-refractivity contribution in [3.05, 3.63) is 120 Å². The first-order chi connectivity index (χ1) is 17.0. The van der Waals surface area contributed by atoms with E-state index in [4.69, 9.17) is 4.74 Å². The maximum Gasteiger partial charge on any atom is 0.340 e. The van der Waals surface area contributed by atoms with Gasteiger partial charge in [0.25, 0.3) is 0 Å². The molecule has 35 heavy (non-hydrogen) atoms. The van der Waals surface area contributed by atoms with Gasteiger partial charge in [-0.1, -0.05) is 42.5 Å². The number of nitrogens with zero attached hydrogens (tertiary/aromatic N) is 1. The first-order valence-corrected chi connectivity index (χ1v) is 11.0. The van der Waals surface area contributed by atoms with E-state index in [2.05, 4.69) is 4.74 Å². The number of carbonyl (C=O) groups is 1. The summed E-state index contributed by atoms with van der Waals surface area (Å²) in [6, 6.07) is 26.0. The molecule has 4 aromatic carbocycles. The molecule has 0 spiro atoms. The van der Waals surface area contributed by atoms with E-state index >= 15 is 0 Å². The van der Waals surface area contributed by atoms with E-state index < -0.39 is 11.8 Å². The predicted molar refractivity (Wildman–Crippen MR) is 131 cm³/mol. The summed E-state index contributed by atoms with van der Waals surface area (Å²) in [6.45, 7) is 0.358. The number of esters is 1. The molecule has 0 amide bonds. The number of halogens is 2. The van der Waals surface area contributed by atoms with Crippen LogP contribution in [0.1, 0.15) is 15.9 Å². The quantitative estimate of drug-likeness (QED) is 0.253. The number of benzene rings is 4. The van der Waals surface area contributed by atoms with Gasteiger partial charge in [-0.3, -0.25) is 0 Å². The summed E-state index contributed by atoms with van der Waals surface area (Å²) in [7, 11) is 1.21. The number of hydrogen-bond acceptors (Lipinski definition) is 3. The average molecular weight is 469 g/mol. The summed E-state index contributed by atoms with van der Waals surface area (Å²) >= 11 is 0. The Kier molecular flexibility index (Phi) is 6.02. The Balaban J connectivity index is 1.67. The molecular weight excluding hydrogens is 448 g/mol. The Morgan fingerprint density at radius 3 is 2.37 bits per heavy atom. The molecular formula is C29H21F2NO3. The second kappa shape index (κ2) is 9.43. The van der Waals surface area contributed by atoms with Crippen molar-refractivity contribution in [2.45, 2.75) is 6.61 Å². The minimum absolute atomic E-state index is 0.140. The molecule has 0 radical (unpaired) electrons. The fraction of sp³-hybridized carbons (Fsp3) is 0.0690. The molecule has 0 aliphatic heterocycles. The lowest BCUT2D eigenvalue weighted by molar-refractivity contribution is 0.0595. The maximum atomic E-state index is 14.8. The minimum Gasteiger partial charge on any atom is -0.488 e. The van der Waals surface area contributed by atoms with Gasteiger partial charge < -0.3 is 14.0 Å². The van der Waals surface area contributed by atoms with Crippen LogP contribution in [0.5, 0.6) is 5.75 Å². The zero-order chi connectivity index (χ0) is 24.4. The molecule has 4 nitrogen and oxygen atoms in total. The van der Waals surface area contributed by atoms with Gasteiger partial charge in [0.1, 0.15) is 24.0 Å². The number of fused-ring (bicyclic) bond motifs is 1. The van der Waals surface area contributed by atoms with Gasteiger partial charge in [-0.25, -0.2) is 13.6 Å². The van der Waals surface area contributed by atoms with Crippen LogP contribution in [0.25, 0.3) is 27.7 Å². The summed E-state index contributed by atoms with van der Waals surface area (Å²) in [4.78, 5) is 11.9. The number of hydrogen-bond donors (Lipinski definition) is 0. The molecule has 0 fully saturated rings. The second-order valence-electron chi connectivity index (χ2n) is 8.00. The Bertz CT molecular complexity index is 1510. The van der Waals surface area contributed by atoms with E-state index in [1.807, 2.05) is 59.3 Å². The summed E-state index contributed by atoms with van der Waals surface area (Å²) in [5, 5.41) is 0.776. The van der Waals surface area contributed by atoms with Gasteiger partial charge in [-0.05, 0) is 59.7 Å². The molecule has 0 saturated carbocycles. The fourth-order valence-corrected chi connectivity index (χ4v) is 4.10. The summed E-state index contributed by atoms with van der Waals surface area (Å²) in [5.74, 6) is -1.13. The number of ether oxygens (including phenoxy) is 2. The lowest BCUT2D eigenvalue weighted by Crippen LogP contribution is -2.04. The van der Waals surface area contributed by atoms with Gasteiger partial charge in [0.15, 0.2) is 0 Å². The SMILES string of the molecule is COC(=O)c1ccc(-c2cn(-c3ccc(F)cc3)c3cccc(OCc4ccccc4)c23)cc1F. The Morgan fingerprint density at radius 2 is 1.66 bits per heavy atom. The largest absolute Gasteiger partial charge is 0.488 e. The number of rotatable bonds is 6. The molecule has 0 atom stereocenters. The molecule has 0 aliphatic carbocycles. The van der Waals surface area contributed by atoms with Crippen LogP contribution in [0.15, 0.2) is 97.2 Å². The highest BCUT2D eigenvalue weighted by Gasteiger charge is 2.19. The monoisotopic (exact) mass is 469 g/mol. The van der Waals surface area contributed by atoms with E-state index in [1.165, 1.54) is 31.4 Å². The third-order valence-corrected chi connectivity index (χ3v) is 5.82. The van der Waals surface area contributed by atoms with E-state index in [-0.39, 0.29) is 11.4 Å². The van der Waals surface area contributed by atoms with Crippen LogP contribution in [0, 0.1) is 11.6 Å². The van der Waals surface area contributed by atoms with Crippen LogP contribution < -0.4 is 4.74 Å². The molecule has 1 heterocycles. The maximum absolute atomic E-state index is 14.8. The number of methoxy groups -OCH3 is 1. The molecule has 1 aromatic heterocycles. The summed E-state index contributed by atoms with van der Waals surface area (Å²) in [5.41, 5.74) is 3.71. The van der Waals surface area contributed by atoms with E-state index in [9.17, 15) is 13.6 Å². The van der Waals surface area contributed by atoms with Gasteiger partial charge in [0.2, 0.25) is 0 Å². The topological polar surface area (TPSA) is 40.5 Å². The molecule has 0 aliphatic rings. The van der Waals surface area contributed by atoms with Gasteiger partial charge in [0, 0.05) is 22.8 Å². The Labute approximate surface area is 201 Å². The normalized spacial score (nSPS) is 10.9. The van der Waals surface area contributed by atoms with Gasteiger partial charge >= 0.3 is 5.97 Å². The van der Waals surface area contributed by atoms with Crippen molar-refractivity contribution in [3.63, 3.8) is 0 Å². The molecule has 0 bridgehead atoms. The molecule has 0 unspecified atom stereocenters. The average Bonchev–Trinajstić information content (AvgIpc) is 3.28. The van der Waals surface area contributed by atoms with Crippen LogP contribution >= 0.6 is 0 Å². The third-order valence-electron chi connectivity index (χ3n) is 5.82. The molecule has 174 valence electrons. The van der Waals surface area contributed by atoms with E-state index in [0.717, 1.165) is 22.2 Å². The minimum atomic E-state index is -0.741. The van der Waals surface area contributed by atoms with E-state index in [0.29, 0.717) is 23.5 Å². The molecule has 6 heteroatoms. The van der Waals surface area contributed by atoms with Crippen molar-refractivity contribution in [2.24, 2.45) is 0 Å². The van der Waals surface area contributed by atoms with Crippen LogP contribution in [0.3, 0.4) is 0 Å². The second-order valence-corrected chi connectivity index (χ2v) is 8.00. The summed E-state index contributed by atoms with van der Waals surface area (Å²) < 4.78 is 41.2. The zero-order valence-corrected chi connectivity index (χ0v) is 18.9. The van der Waals surface area contributed by atoms with E-state index in [1.54, 1.807) is 18.2 Å². The van der Waals surface area contributed by atoms with Crippen molar-refractivity contribution in [1.29, 1.82) is 0 Å². The lowest BCUT2D eigenvalue weighted by Gasteiger charge is -2.11. The predicted octanol–water partition coefficient (Wildman–Crippen LogP) is 6.94. The van der Waals surface area contributed by atoms with Crippen LogP contribution in [-0.2, 0) is 11.3 Å². The highest BCUT2D eigenvalue weighted by Crippen LogP contribution is 2.39. The first kappa shape index (κ1) is 22.3. The Morgan fingerprint density at radius 1 is 0.886 bits per heavy atom. The number of carbonyl (C=O) groups excluding carboxylic acids is 1. The van der Waals surface area contributed by atoms with Crippen LogP contribution in [0.2, 0.25) is 0 Å². The van der Waals surface area contributed by atoms with Gasteiger partial charge in [0.05, 0.1) is 18.2 Å². The molecule has 5 aromatic rings. The Hall–Kier alpha value is -4.45. The molecule has 0 N–H and O–H groups in total. The van der Waals surface area contributed by atoms with Crippen molar-refractivity contribution in [2.75, 3.05) is 7.11 Å². The third kappa shape index (κ3) is 4.38. The van der Waals surface area contributed by atoms with Crippen molar-refractivity contribution < 1.29 is 23.0 Å². The highest BCUT2D eigenvalue weighted by molar-refractivity contribution is 6.02. The first-order valence-electron chi connectivity index (χ1n) is 11.0. The summed E-state index contributed by atoms with van der Waals surface area (Å²) in [6.07, 6.45) is 1.86. The van der Waals surface area contributed by atoms with Gasteiger partial charge in [-0.2, -0.15) is 0 Å². The number of aromatic nitrogens is 1. The fourth-order valence-electron chi connectivity index (χ4n) is 4.10. The van der Waals surface area contributed by atoms with Crippen LogP contribution in [0.4, 0.5) is 8.78 Å².